The fourth-order valence-corrected chi connectivity index (χ4v) is 3.20. The third kappa shape index (κ3) is 2.39. The normalized spacial score (nSPS) is 23.0. The van der Waals surface area contributed by atoms with Crippen molar-refractivity contribution < 1.29 is 4.79 Å². The molecule has 2 saturated carbocycles. The predicted molar refractivity (Wildman–Crippen MR) is 75.8 cm³/mol. The Morgan fingerprint density at radius 3 is 2.32 bits per heavy atom. The zero-order chi connectivity index (χ0) is 13.3. The molecule has 1 aromatic rings. The van der Waals surface area contributed by atoms with Crippen molar-refractivity contribution in [2.75, 3.05) is 6.54 Å². The number of carbonyl (C=O) groups is 1. The first-order valence-corrected chi connectivity index (χ1v) is 7.27. The summed E-state index contributed by atoms with van der Waals surface area (Å²) in [4.78, 5) is 12.0. The number of nitrogens with two attached hydrogens (primary N) is 1. The second kappa shape index (κ2) is 4.64. The molecule has 0 saturated heterocycles. The SMILES string of the molecule is NC1(C(=O)NCC2(c3ccccc3)CCCC2)CC1. The fourth-order valence-electron chi connectivity index (χ4n) is 3.20. The maximum absolute atomic E-state index is 12.0. The lowest BCUT2D eigenvalue weighted by molar-refractivity contribution is -0.123. The zero-order valence-electron chi connectivity index (χ0n) is 11.3. The Morgan fingerprint density at radius 1 is 1.11 bits per heavy atom. The van der Waals surface area contributed by atoms with Gasteiger partial charge in [-0.25, -0.2) is 0 Å². The Kier molecular flexibility index (Phi) is 3.09. The molecule has 0 heterocycles. The third-order valence-corrected chi connectivity index (χ3v) is 4.78. The smallest absolute Gasteiger partial charge is 0.240 e. The average Bonchev–Trinajstić information content (AvgIpc) is 3.03. The van der Waals surface area contributed by atoms with Gasteiger partial charge in [-0.3, -0.25) is 4.79 Å². The molecule has 102 valence electrons. The van der Waals surface area contributed by atoms with Gasteiger partial charge in [0.05, 0.1) is 5.54 Å². The standard InChI is InChI=1S/C16H22N2O/c17-16(10-11-16)14(19)18-12-15(8-4-5-9-15)13-6-2-1-3-7-13/h1-3,6-7H,4-5,8-12,17H2,(H,18,19). The summed E-state index contributed by atoms with van der Waals surface area (Å²) >= 11 is 0. The molecule has 0 aliphatic heterocycles. The van der Waals surface area contributed by atoms with Crippen LogP contribution < -0.4 is 11.1 Å². The fraction of sp³-hybridized carbons (Fsp3) is 0.562. The molecule has 2 aliphatic rings. The van der Waals surface area contributed by atoms with Crippen LogP contribution in [0.25, 0.3) is 0 Å². The van der Waals surface area contributed by atoms with Crippen LogP contribution in [0, 0.1) is 0 Å². The van der Waals surface area contributed by atoms with E-state index in [1.807, 2.05) is 6.07 Å². The van der Waals surface area contributed by atoms with Gasteiger partial charge in [0.15, 0.2) is 0 Å². The molecular formula is C16H22N2O. The molecule has 2 fully saturated rings. The van der Waals surface area contributed by atoms with E-state index in [2.05, 4.69) is 29.6 Å². The van der Waals surface area contributed by atoms with Gasteiger partial charge in [0.25, 0.3) is 0 Å². The molecule has 3 N–H and O–H groups in total. The molecule has 19 heavy (non-hydrogen) atoms. The average molecular weight is 258 g/mol. The molecule has 0 radical (unpaired) electrons. The van der Waals surface area contributed by atoms with E-state index in [-0.39, 0.29) is 11.3 Å². The van der Waals surface area contributed by atoms with Crippen LogP contribution >= 0.6 is 0 Å². The van der Waals surface area contributed by atoms with Crippen LogP contribution in [-0.4, -0.2) is 18.0 Å². The minimum atomic E-state index is -0.559. The molecule has 2 aliphatic carbocycles. The van der Waals surface area contributed by atoms with Gasteiger partial charge < -0.3 is 11.1 Å². The van der Waals surface area contributed by atoms with E-state index in [1.165, 1.54) is 18.4 Å². The Balaban J connectivity index is 1.73. The summed E-state index contributed by atoms with van der Waals surface area (Å²) in [5.74, 6) is 0.0368. The molecule has 0 unspecified atom stereocenters. The summed E-state index contributed by atoms with van der Waals surface area (Å²) in [6, 6.07) is 10.6. The largest absolute Gasteiger partial charge is 0.354 e. The first kappa shape index (κ1) is 12.7. The minimum Gasteiger partial charge on any atom is -0.354 e. The monoisotopic (exact) mass is 258 g/mol. The van der Waals surface area contributed by atoms with E-state index in [1.54, 1.807) is 0 Å². The maximum Gasteiger partial charge on any atom is 0.240 e. The molecule has 0 atom stereocenters. The summed E-state index contributed by atoms with van der Waals surface area (Å²) < 4.78 is 0. The quantitative estimate of drug-likeness (QED) is 0.869. The summed E-state index contributed by atoms with van der Waals surface area (Å²) in [6.45, 7) is 0.731. The second-order valence-electron chi connectivity index (χ2n) is 6.19. The number of hydrogen-bond donors (Lipinski definition) is 2. The molecule has 1 aromatic carbocycles. The van der Waals surface area contributed by atoms with Gasteiger partial charge in [-0.05, 0) is 31.2 Å². The number of amides is 1. The van der Waals surface area contributed by atoms with Crippen molar-refractivity contribution in [3.05, 3.63) is 35.9 Å². The summed E-state index contributed by atoms with van der Waals surface area (Å²) in [5.41, 5.74) is 6.87. The molecule has 3 heteroatoms. The van der Waals surface area contributed by atoms with Gasteiger partial charge >= 0.3 is 0 Å². The summed E-state index contributed by atoms with van der Waals surface area (Å²) in [5, 5.41) is 3.10. The van der Waals surface area contributed by atoms with E-state index in [9.17, 15) is 4.79 Å². The van der Waals surface area contributed by atoms with Crippen molar-refractivity contribution in [1.29, 1.82) is 0 Å². The number of benzene rings is 1. The van der Waals surface area contributed by atoms with Crippen LogP contribution in [0.2, 0.25) is 0 Å². The first-order chi connectivity index (χ1) is 9.15. The van der Waals surface area contributed by atoms with Gasteiger partial charge in [0.1, 0.15) is 0 Å². The Hall–Kier alpha value is -1.35. The van der Waals surface area contributed by atoms with E-state index < -0.39 is 5.54 Å². The van der Waals surface area contributed by atoms with E-state index >= 15 is 0 Å². The number of nitrogens with one attached hydrogen (secondary N) is 1. The zero-order valence-corrected chi connectivity index (χ0v) is 11.3. The lowest BCUT2D eigenvalue weighted by Crippen LogP contribution is -2.47. The third-order valence-electron chi connectivity index (χ3n) is 4.78. The van der Waals surface area contributed by atoms with Gasteiger partial charge in [-0.15, -0.1) is 0 Å². The van der Waals surface area contributed by atoms with E-state index in [0.29, 0.717) is 0 Å². The molecule has 0 aromatic heterocycles. The van der Waals surface area contributed by atoms with Crippen LogP contribution in [0.3, 0.4) is 0 Å². The van der Waals surface area contributed by atoms with Crippen LogP contribution in [-0.2, 0) is 10.2 Å². The minimum absolute atomic E-state index is 0.0368. The highest BCUT2D eigenvalue weighted by atomic mass is 16.2. The Morgan fingerprint density at radius 2 is 1.74 bits per heavy atom. The van der Waals surface area contributed by atoms with E-state index in [4.69, 9.17) is 5.73 Å². The molecule has 0 spiro atoms. The topological polar surface area (TPSA) is 55.1 Å². The highest BCUT2D eigenvalue weighted by molar-refractivity contribution is 5.89. The summed E-state index contributed by atoms with van der Waals surface area (Å²) in [7, 11) is 0. The van der Waals surface area contributed by atoms with Gasteiger partial charge in [0, 0.05) is 12.0 Å². The van der Waals surface area contributed by atoms with Crippen molar-refractivity contribution in [2.45, 2.75) is 49.5 Å². The molecule has 1 amide bonds. The summed E-state index contributed by atoms with van der Waals surface area (Å²) in [6.07, 6.45) is 6.48. The lowest BCUT2D eigenvalue weighted by Gasteiger charge is -2.30. The predicted octanol–water partition coefficient (Wildman–Crippen LogP) is 2.11. The van der Waals surface area contributed by atoms with Crippen LogP contribution in [0.5, 0.6) is 0 Å². The second-order valence-corrected chi connectivity index (χ2v) is 6.19. The highest BCUT2D eigenvalue weighted by Gasteiger charge is 2.46. The lowest BCUT2D eigenvalue weighted by atomic mass is 9.79. The van der Waals surface area contributed by atoms with Crippen molar-refractivity contribution in [3.8, 4) is 0 Å². The van der Waals surface area contributed by atoms with Gasteiger partial charge in [0.2, 0.25) is 5.91 Å². The van der Waals surface area contributed by atoms with Crippen molar-refractivity contribution in [1.82, 2.24) is 5.32 Å². The molecule has 3 rings (SSSR count). The highest BCUT2D eigenvalue weighted by Crippen LogP contribution is 2.41. The number of hydrogen-bond acceptors (Lipinski definition) is 2. The molecular weight excluding hydrogens is 236 g/mol. The molecule has 3 nitrogen and oxygen atoms in total. The van der Waals surface area contributed by atoms with Gasteiger partial charge in [-0.1, -0.05) is 43.2 Å². The van der Waals surface area contributed by atoms with Crippen LogP contribution in [0.4, 0.5) is 0 Å². The number of carbonyl (C=O) groups excluding carboxylic acids is 1. The van der Waals surface area contributed by atoms with Crippen molar-refractivity contribution in [2.24, 2.45) is 5.73 Å². The van der Waals surface area contributed by atoms with Crippen molar-refractivity contribution in [3.63, 3.8) is 0 Å². The Bertz CT molecular complexity index is 459. The van der Waals surface area contributed by atoms with E-state index in [0.717, 1.165) is 32.2 Å². The van der Waals surface area contributed by atoms with Crippen LogP contribution in [0.15, 0.2) is 30.3 Å². The number of rotatable bonds is 4. The first-order valence-electron chi connectivity index (χ1n) is 7.27. The van der Waals surface area contributed by atoms with Crippen molar-refractivity contribution >= 4 is 5.91 Å². The van der Waals surface area contributed by atoms with Crippen LogP contribution in [0.1, 0.15) is 44.1 Å². The Labute approximate surface area is 114 Å². The molecule has 0 bridgehead atoms. The van der Waals surface area contributed by atoms with Gasteiger partial charge in [-0.2, -0.15) is 0 Å². The maximum atomic E-state index is 12.0.